The molecule has 4 heteroatoms. The quantitative estimate of drug-likeness (QED) is 0.163. The molecule has 0 spiro atoms. The number of fused-ring (bicyclic) bond motifs is 10. The van der Waals surface area contributed by atoms with Crippen LogP contribution in [0, 0.1) is 0 Å². The minimum Gasteiger partial charge on any atom is -0.308 e. The largest absolute Gasteiger partial charge is 0.308 e. The minimum atomic E-state index is -2.94. The third-order valence-corrected chi connectivity index (χ3v) is 17.8. The molecule has 0 atom stereocenters. The first kappa shape index (κ1) is 33.9. The van der Waals surface area contributed by atoms with Crippen molar-refractivity contribution in [2.45, 2.75) is 19.3 Å². The van der Waals surface area contributed by atoms with Gasteiger partial charge in [-0.2, -0.15) is 0 Å². The van der Waals surface area contributed by atoms with E-state index in [4.69, 9.17) is 9.97 Å². The molecule has 0 fully saturated rings. The van der Waals surface area contributed by atoms with Crippen molar-refractivity contribution in [2.75, 3.05) is 0 Å². The van der Waals surface area contributed by atoms with Crippen molar-refractivity contribution in [3.8, 4) is 50.6 Å². The van der Waals surface area contributed by atoms with Crippen molar-refractivity contribution in [1.29, 1.82) is 0 Å². The summed E-state index contributed by atoms with van der Waals surface area (Å²) in [6.07, 6.45) is 0. The lowest BCUT2D eigenvalue weighted by Gasteiger charge is -2.30. The van der Waals surface area contributed by atoms with Gasteiger partial charge in [0.2, 0.25) is 8.07 Å². The highest BCUT2D eigenvalue weighted by Gasteiger charge is 2.51. The maximum atomic E-state index is 5.91. The summed E-state index contributed by atoms with van der Waals surface area (Å²) < 4.78 is 2.46. The Kier molecular flexibility index (Phi) is 7.29. The second kappa shape index (κ2) is 12.7. The van der Waals surface area contributed by atoms with Gasteiger partial charge in [0.1, 0.15) is 0 Å². The first-order chi connectivity index (χ1) is 29.1. The predicted molar refractivity (Wildman–Crippen MR) is 247 cm³/mol. The van der Waals surface area contributed by atoms with Gasteiger partial charge in [0.05, 0.1) is 27.7 Å². The summed E-state index contributed by atoms with van der Waals surface area (Å²) in [7, 11) is -2.94. The van der Waals surface area contributed by atoms with Crippen LogP contribution in [0.25, 0.3) is 72.4 Å². The average molecular weight is 770 g/mol. The van der Waals surface area contributed by atoms with Crippen LogP contribution < -0.4 is 20.9 Å². The zero-order valence-corrected chi connectivity index (χ0v) is 33.9. The van der Waals surface area contributed by atoms with E-state index in [1.807, 2.05) is 0 Å². The first-order valence-corrected chi connectivity index (χ1v) is 22.5. The van der Waals surface area contributed by atoms with Gasteiger partial charge < -0.3 is 4.57 Å². The second-order valence-electron chi connectivity index (χ2n) is 16.4. The molecule has 0 saturated carbocycles. The standard InChI is InChI=1S/C55H39N3Si/c1-55(2)43-30-16-12-26-39(43)49-44(55)34-35-47-50(49)40-27-13-17-31-45(40)58(47)46-32-18-14-28-41(46)53-56-52(36-20-6-3-7-21-36)51-42-29-15-19-33-48(42)59(54(51)57-53,37-22-8-4-9-23-37)38-24-10-5-11-25-38/h3-35H,1-2H3. The van der Waals surface area contributed by atoms with Crippen molar-refractivity contribution in [2.24, 2.45) is 0 Å². The number of rotatable bonds is 5. The molecule has 0 unspecified atom stereocenters. The summed E-state index contributed by atoms with van der Waals surface area (Å²) in [5.74, 6) is 0.730. The average Bonchev–Trinajstić information content (AvgIpc) is 3.88. The Labute approximate surface area is 345 Å². The van der Waals surface area contributed by atoms with E-state index in [9.17, 15) is 0 Å². The van der Waals surface area contributed by atoms with Crippen LogP contribution in [0.5, 0.6) is 0 Å². The lowest BCUT2D eigenvalue weighted by Crippen LogP contribution is -2.73. The molecule has 0 amide bonds. The van der Waals surface area contributed by atoms with Gasteiger partial charge >= 0.3 is 0 Å². The van der Waals surface area contributed by atoms with Gasteiger partial charge in [-0.15, -0.1) is 0 Å². The monoisotopic (exact) mass is 769 g/mol. The Balaban J connectivity index is 1.19. The van der Waals surface area contributed by atoms with Crippen LogP contribution in [0.3, 0.4) is 0 Å². The smallest absolute Gasteiger partial charge is 0.203 e. The summed E-state index contributed by atoms with van der Waals surface area (Å²) in [4.78, 5) is 11.6. The molecule has 12 rings (SSSR count). The van der Waals surface area contributed by atoms with Crippen molar-refractivity contribution >= 4 is 50.8 Å². The molecule has 2 aromatic heterocycles. The molecule has 1 aliphatic carbocycles. The van der Waals surface area contributed by atoms with Gasteiger partial charge in [-0.05, 0) is 67.6 Å². The molecule has 0 saturated heterocycles. The predicted octanol–water partition coefficient (Wildman–Crippen LogP) is 10.6. The van der Waals surface area contributed by atoms with Gasteiger partial charge in [0, 0.05) is 32.9 Å². The Morgan fingerprint density at radius 3 is 1.80 bits per heavy atom. The van der Waals surface area contributed by atoms with Gasteiger partial charge in [0.15, 0.2) is 5.82 Å². The number of aromatic nitrogens is 3. The maximum Gasteiger partial charge on any atom is 0.203 e. The summed E-state index contributed by atoms with van der Waals surface area (Å²) >= 11 is 0. The van der Waals surface area contributed by atoms with E-state index in [1.165, 1.54) is 65.2 Å². The number of para-hydroxylation sites is 2. The molecule has 10 aromatic rings. The molecule has 2 aliphatic rings. The van der Waals surface area contributed by atoms with E-state index < -0.39 is 8.07 Å². The van der Waals surface area contributed by atoms with Crippen LogP contribution in [0.4, 0.5) is 0 Å². The third kappa shape index (κ3) is 4.63. The Morgan fingerprint density at radius 2 is 1.05 bits per heavy atom. The first-order valence-electron chi connectivity index (χ1n) is 20.5. The molecule has 3 nitrogen and oxygen atoms in total. The molecular formula is C55H39N3Si. The molecule has 1 aliphatic heterocycles. The molecule has 0 radical (unpaired) electrons. The van der Waals surface area contributed by atoms with Gasteiger partial charge in [-0.25, -0.2) is 9.97 Å². The van der Waals surface area contributed by atoms with E-state index in [-0.39, 0.29) is 5.41 Å². The SMILES string of the molecule is CC1(C)c2ccccc2-c2c1ccc1c2c2ccccc2n1-c1ccccc1-c1nc(-c2ccccc2)c2c(n1)[Si](c1ccccc1)(c1ccccc1)c1ccccc1-2. The Bertz CT molecular complexity index is 3250. The Morgan fingerprint density at radius 1 is 0.458 bits per heavy atom. The van der Waals surface area contributed by atoms with Crippen molar-refractivity contribution in [1.82, 2.24) is 14.5 Å². The molecule has 59 heavy (non-hydrogen) atoms. The summed E-state index contributed by atoms with van der Waals surface area (Å²) in [5.41, 5.74) is 14.1. The number of benzene rings is 8. The van der Waals surface area contributed by atoms with Crippen LogP contribution in [0.15, 0.2) is 200 Å². The fraction of sp³-hybridized carbons (Fsp3) is 0.0545. The highest BCUT2D eigenvalue weighted by atomic mass is 28.3. The van der Waals surface area contributed by atoms with Crippen molar-refractivity contribution < 1.29 is 0 Å². The lowest BCUT2D eigenvalue weighted by molar-refractivity contribution is 0.661. The fourth-order valence-corrected chi connectivity index (χ4v) is 15.6. The van der Waals surface area contributed by atoms with E-state index in [0.29, 0.717) is 0 Å². The fourth-order valence-electron chi connectivity index (χ4n) is 10.6. The molecule has 0 bridgehead atoms. The van der Waals surface area contributed by atoms with Crippen LogP contribution >= 0.6 is 0 Å². The van der Waals surface area contributed by atoms with Gasteiger partial charge in [-0.1, -0.05) is 190 Å². The third-order valence-electron chi connectivity index (χ3n) is 13.1. The molecule has 278 valence electrons. The van der Waals surface area contributed by atoms with Crippen LogP contribution in [-0.4, -0.2) is 22.6 Å². The van der Waals surface area contributed by atoms with Crippen molar-refractivity contribution in [3.63, 3.8) is 0 Å². The maximum absolute atomic E-state index is 5.91. The van der Waals surface area contributed by atoms with Crippen LogP contribution in [0.1, 0.15) is 25.0 Å². The highest BCUT2D eigenvalue weighted by molar-refractivity contribution is 7.21. The summed E-state index contributed by atoms with van der Waals surface area (Å²) in [6, 6.07) is 73.3. The Hall–Kier alpha value is -7.14. The van der Waals surface area contributed by atoms with Crippen molar-refractivity contribution in [3.05, 3.63) is 211 Å². The van der Waals surface area contributed by atoms with Gasteiger partial charge in [0.25, 0.3) is 0 Å². The van der Waals surface area contributed by atoms with E-state index in [0.717, 1.165) is 39.2 Å². The second-order valence-corrected chi connectivity index (χ2v) is 20.1. The minimum absolute atomic E-state index is 0.0984. The lowest BCUT2D eigenvalue weighted by atomic mass is 9.82. The van der Waals surface area contributed by atoms with Gasteiger partial charge in [-0.3, -0.25) is 0 Å². The normalized spacial score (nSPS) is 14.2. The number of hydrogen-bond acceptors (Lipinski definition) is 2. The van der Waals surface area contributed by atoms with E-state index >= 15 is 0 Å². The number of hydrogen-bond donors (Lipinski definition) is 0. The molecular weight excluding hydrogens is 731 g/mol. The molecule has 8 aromatic carbocycles. The van der Waals surface area contributed by atoms with E-state index in [1.54, 1.807) is 0 Å². The molecule has 0 N–H and O–H groups in total. The summed E-state index contributed by atoms with van der Waals surface area (Å²) in [6.45, 7) is 4.72. The van der Waals surface area contributed by atoms with Crippen LogP contribution in [-0.2, 0) is 5.41 Å². The highest BCUT2D eigenvalue weighted by Crippen LogP contribution is 2.53. The summed E-state index contributed by atoms with van der Waals surface area (Å²) in [5, 5.41) is 7.65. The zero-order valence-electron chi connectivity index (χ0n) is 32.9. The van der Waals surface area contributed by atoms with E-state index in [2.05, 4.69) is 219 Å². The van der Waals surface area contributed by atoms with Crippen LogP contribution in [0.2, 0.25) is 0 Å². The number of nitrogens with zero attached hydrogens (tertiary/aromatic N) is 3. The zero-order chi connectivity index (χ0) is 39.3. The molecule has 3 heterocycles. The topological polar surface area (TPSA) is 30.7 Å².